The molecule has 0 aromatic carbocycles. The first kappa shape index (κ1) is 22.7. The Balaban J connectivity index is 1.18. The average Bonchev–Trinajstić information content (AvgIpc) is 3.64. The fourth-order valence-electron chi connectivity index (χ4n) is 4.35. The summed E-state index contributed by atoms with van der Waals surface area (Å²) < 4.78 is 22.2. The van der Waals surface area contributed by atoms with Crippen molar-refractivity contribution in [3.63, 3.8) is 0 Å². The van der Waals surface area contributed by atoms with E-state index in [1.165, 1.54) is 0 Å². The third kappa shape index (κ3) is 4.70. The lowest BCUT2D eigenvalue weighted by atomic mass is 10.2. The monoisotopic (exact) mass is 489 g/mol. The smallest absolute Gasteiger partial charge is 0.221 e. The van der Waals surface area contributed by atoms with Gasteiger partial charge >= 0.3 is 0 Å². The van der Waals surface area contributed by atoms with Crippen molar-refractivity contribution in [2.75, 3.05) is 20.3 Å². The topological polar surface area (TPSA) is 119 Å². The van der Waals surface area contributed by atoms with Crippen molar-refractivity contribution in [3.05, 3.63) is 54.2 Å². The average molecular weight is 490 g/mol. The molecule has 1 fully saturated rings. The van der Waals surface area contributed by atoms with Crippen LogP contribution in [0.25, 0.3) is 28.1 Å². The summed E-state index contributed by atoms with van der Waals surface area (Å²) in [5, 5.41) is 17.3. The fraction of sp³-hybridized carbons (Fsp3) is 0.417. The van der Waals surface area contributed by atoms with E-state index in [9.17, 15) is 0 Å². The number of nitrogens with zero attached hydrogens (tertiary/aromatic N) is 9. The molecule has 0 saturated carbocycles. The number of aromatic nitrogens is 9. The van der Waals surface area contributed by atoms with E-state index >= 15 is 0 Å². The molecule has 5 aromatic rings. The van der Waals surface area contributed by atoms with Gasteiger partial charge in [-0.15, -0.1) is 5.10 Å². The molecule has 1 aliphatic rings. The summed E-state index contributed by atoms with van der Waals surface area (Å²) in [5.74, 6) is 0. The number of fused-ring (bicyclic) bond motifs is 2. The maximum atomic E-state index is 5.82. The summed E-state index contributed by atoms with van der Waals surface area (Å²) in [6.07, 6.45) is 12.3. The molecule has 0 N–H and O–H groups in total. The number of methoxy groups -OCH3 is 1. The maximum Gasteiger partial charge on any atom is 0.221 e. The highest BCUT2D eigenvalue weighted by Gasteiger charge is 2.15. The second-order valence-electron chi connectivity index (χ2n) is 8.78. The van der Waals surface area contributed by atoms with Gasteiger partial charge < -0.3 is 14.2 Å². The molecule has 5 aromatic heterocycles. The van der Waals surface area contributed by atoms with Crippen LogP contribution in [0.5, 0.6) is 0 Å². The summed E-state index contributed by atoms with van der Waals surface area (Å²) in [4.78, 5) is 9.27. The Labute approximate surface area is 206 Å². The zero-order valence-electron chi connectivity index (χ0n) is 20.0. The molecule has 12 nitrogen and oxygen atoms in total. The molecule has 1 unspecified atom stereocenters. The van der Waals surface area contributed by atoms with E-state index in [1.54, 1.807) is 24.2 Å². The molecule has 36 heavy (non-hydrogen) atoms. The summed E-state index contributed by atoms with van der Waals surface area (Å²) >= 11 is 0. The fourth-order valence-corrected chi connectivity index (χ4v) is 4.35. The van der Waals surface area contributed by atoms with Gasteiger partial charge in [-0.2, -0.15) is 10.2 Å². The Morgan fingerprint density at radius 3 is 3.03 bits per heavy atom. The molecule has 0 bridgehead atoms. The predicted molar refractivity (Wildman–Crippen MR) is 129 cm³/mol. The van der Waals surface area contributed by atoms with Crippen LogP contribution in [-0.2, 0) is 33.9 Å². The Morgan fingerprint density at radius 1 is 1.17 bits per heavy atom. The Hall–Kier alpha value is -3.74. The molecule has 0 radical (unpaired) electrons. The van der Waals surface area contributed by atoms with E-state index in [-0.39, 0.29) is 6.29 Å². The number of pyridine rings is 1. The largest absolute Gasteiger partial charge is 0.380 e. The van der Waals surface area contributed by atoms with Crippen molar-refractivity contribution in [2.45, 2.75) is 45.2 Å². The molecule has 1 atom stereocenters. The second-order valence-corrected chi connectivity index (χ2v) is 8.78. The summed E-state index contributed by atoms with van der Waals surface area (Å²) in [6.45, 7) is 2.96. The molecular weight excluding hydrogens is 462 g/mol. The van der Waals surface area contributed by atoms with Gasteiger partial charge in [0.15, 0.2) is 11.9 Å². The first-order valence-corrected chi connectivity index (χ1v) is 12.0. The quantitative estimate of drug-likeness (QED) is 0.307. The van der Waals surface area contributed by atoms with Crippen LogP contribution in [0.3, 0.4) is 0 Å². The first-order valence-electron chi connectivity index (χ1n) is 12.0. The molecule has 6 rings (SSSR count). The van der Waals surface area contributed by atoms with Crippen LogP contribution in [0.15, 0.2) is 43.1 Å². The van der Waals surface area contributed by atoms with Gasteiger partial charge in [0.2, 0.25) is 5.65 Å². The van der Waals surface area contributed by atoms with E-state index in [4.69, 9.17) is 19.2 Å². The van der Waals surface area contributed by atoms with Gasteiger partial charge in [-0.05, 0) is 37.0 Å². The SMILES string of the molecule is COCc1cnn2ccc(Cn3nnc4ncc(-c5cnn(CCOC6CCCCO6)c5)nc43)cc12. The van der Waals surface area contributed by atoms with Gasteiger partial charge in [0.05, 0.1) is 56.1 Å². The van der Waals surface area contributed by atoms with Crippen molar-refractivity contribution < 1.29 is 14.2 Å². The zero-order chi connectivity index (χ0) is 24.3. The molecule has 1 aliphatic heterocycles. The maximum absolute atomic E-state index is 5.82. The van der Waals surface area contributed by atoms with Gasteiger partial charge in [0.25, 0.3) is 0 Å². The normalized spacial score (nSPS) is 16.3. The molecule has 0 spiro atoms. The van der Waals surface area contributed by atoms with E-state index in [2.05, 4.69) is 31.6 Å². The number of hydrogen-bond donors (Lipinski definition) is 0. The van der Waals surface area contributed by atoms with Crippen LogP contribution in [-0.4, -0.2) is 71.0 Å². The third-order valence-electron chi connectivity index (χ3n) is 6.22. The molecule has 0 aliphatic carbocycles. The van der Waals surface area contributed by atoms with Crippen LogP contribution in [0, 0.1) is 0 Å². The lowest BCUT2D eigenvalue weighted by Crippen LogP contribution is -2.24. The third-order valence-corrected chi connectivity index (χ3v) is 6.22. The minimum atomic E-state index is -0.101. The van der Waals surface area contributed by atoms with E-state index < -0.39 is 0 Å². The predicted octanol–water partition coefficient (Wildman–Crippen LogP) is 2.47. The highest BCUT2D eigenvalue weighted by atomic mass is 16.7. The molecule has 12 heteroatoms. The summed E-state index contributed by atoms with van der Waals surface area (Å²) in [7, 11) is 1.68. The van der Waals surface area contributed by atoms with Gasteiger partial charge in [0, 0.05) is 37.2 Å². The van der Waals surface area contributed by atoms with Crippen LogP contribution in [0.1, 0.15) is 30.4 Å². The minimum absolute atomic E-state index is 0.101. The highest BCUT2D eigenvalue weighted by Crippen LogP contribution is 2.20. The van der Waals surface area contributed by atoms with Crippen LogP contribution in [0.2, 0.25) is 0 Å². The van der Waals surface area contributed by atoms with Gasteiger partial charge in [-0.25, -0.2) is 19.2 Å². The van der Waals surface area contributed by atoms with Crippen molar-refractivity contribution >= 4 is 16.8 Å². The molecule has 0 amide bonds. The van der Waals surface area contributed by atoms with Crippen LogP contribution in [0.4, 0.5) is 0 Å². The lowest BCUT2D eigenvalue weighted by Gasteiger charge is -2.22. The van der Waals surface area contributed by atoms with E-state index in [0.717, 1.165) is 48.1 Å². The van der Waals surface area contributed by atoms with Crippen molar-refractivity contribution in [2.24, 2.45) is 0 Å². The molecular formula is C24H27N9O3. The van der Waals surface area contributed by atoms with Crippen molar-refractivity contribution in [1.82, 2.24) is 44.4 Å². The lowest BCUT2D eigenvalue weighted by molar-refractivity contribution is -0.163. The van der Waals surface area contributed by atoms with Gasteiger partial charge in [-0.1, -0.05) is 5.21 Å². The highest BCUT2D eigenvalue weighted by molar-refractivity contribution is 5.69. The number of hydrogen-bond acceptors (Lipinski definition) is 9. The Morgan fingerprint density at radius 2 is 2.14 bits per heavy atom. The molecule has 6 heterocycles. The Bertz CT molecular complexity index is 1470. The van der Waals surface area contributed by atoms with E-state index in [0.29, 0.717) is 43.3 Å². The summed E-state index contributed by atoms with van der Waals surface area (Å²) in [5.41, 5.74) is 5.77. The van der Waals surface area contributed by atoms with Gasteiger partial charge in [-0.3, -0.25) is 4.68 Å². The first-order chi connectivity index (χ1) is 17.8. The van der Waals surface area contributed by atoms with Gasteiger partial charge in [0.1, 0.15) is 0 Å². The van der Waals surface area contributed by atoms with E-state index in [1.807, 2.05) is 33.9 Å². The van der Waals surface area contributed by atoms with Crippen LogP contribution < -0.4 is 0 Å². The van der Waals surface area contributed by atoms with Crippen LogP contribution >= 0.6 is 0 Å². The standard InChI is InChI=1S/C24H27N9O3/c1-34-16-19-12-27-32-6-5-17(10-21(19)32)14-33-24-23(29-30-33)25-13-20(28-24)18-11-26-31(15-18)7-9-36-22-4-2-3-8-35-22/h5-6,10-13,15,22H,2-4,7-9,14,16H2,1H3. The number of ether oxygens (including phenoxy) is 3. The minimum Gasteiger partial charge on any atom is -0.380 e. The molecule has 186 valence electrons. The van der Waals surface area contributed by atoms with Crippen molar-refractivity contribution in [3.8, 4) is 11.3 Å². The zero-order valence-corrected chi connectivity index (χ0v) is 20.0. The van der Waals surface area contributed by atoms with Crippen molar-refractivity contribution in [1.29, 1.82) is 0 Å². The Kier molecular flexibility index (Phi) is 6.36. The summed E-state index contributed by atoms with van der Waals surface area (Å²) in [6, 6.07) is 4.09. The molecule has 1 saturated heterocycles. The number of rotatable bonds is 9. The second kappa shape index (κ2) is 10.1.